The lowest BCUT2D eigenvalue weighted by Crippen LogP contribution is -2.29. The minimum absolute atomic E-state index is 0.0245. The number of hydrogen-bond acceptors (Lipinski definition) is 2. The Bertz CT molecular complexity index is 516. The standard InChI is InChI=1S/C19H29F2NO/c1-14(2)18-16(6-5-7-17(18)23-4)9-12-22-11-8-15(3)19(20,21)10-13-22/h5-7,14-15H,8-13H2,1-4H3. The average Bonchev–Trinajstić information content (AvgIpc) is 2.64. The van der Waals surface area contributed by atoms with Gasteiger partial charge < -0.3 is 9.64 Å². The topological polar surface area (TPSA) is 12.5 Å². The minimum Gasteiger partial charge on any atom is -0.496 e. The second kappa shape index (κ2) is 7.61. The number of alkyl halides is 2. The van der Waals surface area contributed by atoms with Crippen LogP contribution >= 0.6 is 0 Å². The summed E-state index contributed by atoms with van der Waals surface area (Å²) in [5, 5.41) is 0. The van der Waals surface area contributed by atoms with E-state index in [1.165, 1.54) is 11.1 Å². The lowest BCUT2D eigenvalue weighted by molar-refractivity contribution is -0.0545. The third-order valence-electron chi connectivity index (χ3n) is 5.01. The predicted molar refractivity (Wildman–Crippen MR) is 90.6 cm³/mol. The summed E-state index contributed by atoms with van der Waals surface area (Å²) in [7, 11) is 1.70. The van der Waals surface area contributed by atoms with E-state index >= 15 is 0 Å². The smallest absolute Gasteiger partial charge is 0.251 e. The molecule has 1 unspecified atom stereocenters. The Labute approximate surface area is 138 Å². The first-order valence-corrected chi connectivity index (χ1v) is 8.61. The van der Waals surface area contributed by atoms with Gasteiger partial charge in [0.25, 0.3) is 5.92 Å². The molecule has 1 heterocycles. The fourth-order valence-electron chi connectivity index (χ4n) is 3.40. The molecular weight excluding hydrogens is 296 g/mol. The molecule has 4 heteroatoms. The summed E-state index contributed by atoms with van der Waals surface area (Å²) in [6.07, 6.45) is 1.43. The van der Waals surface area contributed by atoms with Crippen molar-refractivity contribution >= 4 is 0 Å². The molecule has 1 aliphatic heterocycles. The maximum absolute atomic E-state index is 13.8. The summed E-state index contributed by atoms with van der Waals surface area (Å²) in [5.41, 5.74) is 2.51. The van der Waals surface area contributed by atoms with Crippen molar-refractivity contribution in [3.63, 3.8) is 0 Å². The van der Waals surface area contributed by atoms with E-state index in [-0.39, 0.29) is 6.42 Å². The Morgan fingerprint density at radius 2 is 2.04 bits per heavy atom. The Morgan fingerprint density at radius 3 is 2.70 bits per heavy atom. The monoisotopic (exact) mass is 325 g/mol. The summed E-state index contributed by atoms with van der Waals surface area (Å²) in [5.74, 6) is -1.73. The third-order valence-corrected chi connectivity index (χ3v) is 5.01. The maximum atomic E-state index is 13.8. The molecule has 1 aliphatic rings. The molecule has 23 heavy (non-hydrogen) atoms. The zero-order valence-corrected chi connectivity index (χ0v) is 14.7. The molecule has 0 amide bonds. The van der Waals surface area contributed by atoms with Crippen LogP contribution < -0.4 is 4.74 Å². The highest BCUT2D eigenvalue weighted by Crippen LogP contribution is 2.34. The highest BCUT2D eigenvalue weighted by molar-refractivity contribution is 5.42. The number of ether oxygens (including phenoxy) is 1. The molecule has 0 saturated carbocycles. The van der Waals surface area contributed by atoms with Gasteiger partial charge >= 0.3 is 0 Å². The largest absolute Gasteiger partial charge is 0.496 e. The van der Waals surface area contributed by atoms with E-state index in [1.54, 1.807) is 14.0 Å². The Balaban J connectivity index is 2.04. The first kappa shape index (κ1) is 18.2. The molecule has 2 nitrogen and oxygen atoms in total. The number of nitrogens with zero attached hydrogens (tertiary/aromatic N) is 1. The molecule has 0 bridgehead atoms. The molecule has 1 fully saturated rings. The lowest BCUT2D eigenvalue weighted by Gasteiger charge is -2.22. The van der Waals surface area contributed by atoms with Crippen LogP contribution in [0.3, 0.4) is 0 Å². The van der Waals surface area contributed by atoms with Gasteiger partial charge in [-0.15, -0.1) is 0 Å². The van der Waals surface area contributed by atoms with Crippen LogP contribution in [-0.2, 0) is 6.42 Å². The van der Waals surface area contributed by atoms with Crippen molar-refractivity contribution in [2.45, 2.75) is 51.9 Å². The van der Waals surface area contributed by atoms with Crippen molar-refractivity contribution in [2.24, 2.45) is 5.92 Å². The molecule has 1 atom stereocenters. The summed E-state index contributed by atoms with van der Waals surface area (Å²) in [6.45, 7) is 8.07. The highest BCUT2D eigenvalue weighted by Gasteiger charge is 2.38. The van der Waals surface area contributed by atoms with E-state index in [2.05, 4.69) is 24.8 Å². The molecule has 1 aromatic rings. The predicted octanol–water partition coefficient (Wildman–Crippen LogP) is 4.73. The molecule has 2 rings (SSSR count). The van der Waals surface area contributed by atoms with E-state index < -0.39 is 11.8 Å². The second-order valence-electron chi connectivity index (χ2n) is 6.98. The quantitative estimate of drug-likeness (QED) is 0.776. The molecule has 1 saturated heterocycles. The Morgan fingerprint density at radius 1 is 1.30 bits per heavy atom. The molecule has 0 aromatic heterocycles. The highest BCUT2D eigenvalue weighted by atomic mass is 19.3. The van der Waals surface area contributed by atoms with Crippen LogP contribution in [0.1, 0.15) is 50.7 Å². The molecule has 0 aliphatic carbocycles. The minimum atomic E-state index is -2.52. The molecule has 0 spiro atoms. The van der Waals surface area contributed by atoms with Crippen molar-refractivity contribution in [1.82, 2.24) is 4.90 Å². The lowest BCUT2D eigenvalue weighted by atomic mass is 9.94. The number of halogens is 2. The molecule has 0 N–H and O–H groups in total. The normalized spacial score (nSPS) is 22.1. The van der Waals surface area contributed by atoms with Crippen LogP contribution in [0.5, 0.6) is 5.75 Å². The molecule has 0 radical (unpaired) electrons. The van der Waals surface area contributed by atoms with Crippen LogP contribution in [0.4, 0.5) is 8.78 Å². The van der Waals surface area contributed by atoms with Crippen molar-refractivity contribution in [2.75, 3.05) is 26.7 Å². The van der Waals surface area contributed by atoms with E-state index in [0.29, 0.717) is 18.9 Å². The van der Waals surface area contributed by atoms with E-state index in [1.807, 2.05) is 12.1 Å². The van der Waals surface area contributed by atoms with Gasteiger partial charge in [0.1, 0.15) is 5.75 Å². The Kier molecular flexibility index (Phi) is 6.01. The maximum Gasteiger partial charge on any atom is 0.251 e. The van der Waals surface area contributed by atoms with Gasteiger partial charge in [-0.25, -0.2) is 8.78 Å². The van der Waals surface area contributed by atoms with Crippen LogP contribution in [-0.4, -0.2) is 37.6 Å². The number of likely N-dealkylation sites (tertiary alicyclic amines) is 1. The zero-order chi connectivity index (χ0) is 17.0. The van der Waals surface area contributed by atoms with Gasteiger partial charge in [0.05, 0.1) is 7.11 Å². The fourth-order valence-corrected chi connectivity index (χ4v) is 3.40. The van der Waals surface area contributed by atoms with Gasteiger partial charge in [-0.3, -0.25) is 0 Å². The summed E-state index contributed by atoms with van der Waals surface area (Å²) < 4.78 is 33.1. The van der Waals surface area contributed by atoms with Gasteiger partial charge in [0, 0.05) is 25.4 Å². The fraction of sp³-hybridized carbons (Fsp3) is 0.684. The number of rotatable bonds is 5. The van der Waals surface area contributed by atoms with E-state index in [4.69, 9.17) is 4.74 Å². The molecular formula is C19H29F2NO. The van der Waals surface area contributed by atoms with Crippen LogP contribution in [0.2, 0.25) is 0 Å². The first-order valence-electron chi connectivity index (χ1n) is 8.61. The summed E-state index contributed by atoms with van der Waals surface area (Å²) in [6, 6.07) is 6.14. The van der Waals surface area contributed by atoms with Crippen molar-refractivity contribution in [1.29, 1.82) is 0 Å². The number of methoxy groups -OCH3 is 1. The number of hydrogen-bond donors (Lipinski definition) is 0. The van der Waals surface area contributed by atoms with Crippen LogP contribution in [0, 0.1) is 5.92 Å². The van der Waals surface area contributed by atoms with E-state index in [9.17, 15) is 8.78 Å². The van der Waals surface area contributed by atoms with Gasteiger partial charge in [-0.05, 0) is 42.5 Å². The zero-order valence-electron chi connectivity index (χ0n) is 14.7. The third kappa shape index (κ3) is 4.43. The van der Waals surface area contributed by atoms with Gasteiger partial charge in [0.15, 0.2) is 0 Å². The molecule has 1 aromatic carbocycles. The molecule has 130 valence electrons. The van der Waals surface area contributed by atoms with Gasteiger partial charge in [0.2, 0.25) is 0 Å². The SMILES string of the molecule is COc1cccc(CCN2CCC(C)C(F)(F)CC2)c1C(C)C. The first-order chi connectivity index (χ1) is 10.8. The van der Waals surface area contributed by atoms with Crippen molar-refractivity contribution in [3.05, 3.63) is 29.3 Å². The van der Waals surface area contributed by atoms with Crippen molar-refractivity contribution < 1.29 is 13.5 Å². The van der Waals surface area contributed by atoms with E-state index in [0.717, 1.165) is 25.3 Å². The Hall–Kier alpha value is -1.16. The van der Waals surface area contributed by atoms with Crippen LogP contribution in [0.25, 0.3) is 0 Å². The second-order valence-corrected chi connectivity index (χ2v) is 6.98. The number of benzene rings is 1. The summed E-state index contributed by atoms with van der Waals surface area (Å²) >= 11 is 0. The van der Waals surface area contributed by atoms with Crippen LogP contribution in [0.15, 0.2) is 18.2 Å². The average molecular weight is 325 g/mol. The van der Waals surface area contributed by atoms with Gasteiger partial charge in [-0.1, -0.05) is 32.9 Å². The van der Waals surface area contributed by atoms with Crippen molar-refractivity contribution in [3.8, 4) is 5.75 Å². The van der Waals surface area contributed by atoms with Gasteiger partial charge in [-0.2, -0.15) is 0 Å². The summed E-state index contributed by atoms with van der Waals surface area (Å²) in [4.78, 5) is 2.18.